The van der Waals surface area contributed by atoms with Gasteiger partial charge in [-0.25, -0.2) is 9.78 Å². The van der Waals surface area contributed by atoms with Crippen molar-refractivity contribution in [2.24, 2.45) is 0 Å². The van der Waals surface area contributed by atoms with Crippen LogP contribution in [0.4, 0.5) is 5.82 Å². The Hall–Kier alpha value is -3.50. The molecule has 9 nitrogen and oxygen atoms in total. The average Bonchev–Trinajstić information content (AvgIpc) is 3.33. The molecule has 4 rings (SSSR count). The van der Waals surface area contributed by atoms with Gasteiger partial charge in [-0.3, -0.25) is 0 Å². The number of aromatic nitrogens is 4. The second kappa shape index (κ2) is 8.32. The van der Waals surface area contributed by atoms with Gasteiger partial charge in [0.25, 0.3) is 0 Å². The van der Waals surface area contributed by atoms with Gasteiger partial charge in [0.1, 0.15) is 24.0 Å². The van der Waals surface area contributed by atoms with E-state index in [1.54, 1.807) is 0 Å². The number of aliphatic hydroxyl groups excluding tert-OH is 1. The number of rotatable bonds is 7. The molecule has 0 fully saturated rings. The number of benzene rings is 1. The second-order valence-corrected chi connectivity index (χ2v) is 7.92. The summed E-state index contributed by atoms with van der Waals surface area (Å²) in [5.74, 6) is 1.26. The number of hydrogen-bond donors (Lipinski definition) is 3. The van der Waals surface area contributed by atoms with E-state index >= 15 is 0 Å². The van der Waals surface area contributed by atoms with Crippen molar-refractivity contribution in [3.63, 3.8) is 0 Å². The van der Waals surface area contributed by atoms with Crippen LogP contribution in [0.2, 0.25) is 0 Å². The first-order chi connectivity index (χ1) is 14.9. The summed E-state index contributed by atoms with van der Waals surface area (Å²) in [6, 6.07) is 5.74. The molecule has 0 saturated heterocycles. The summed E-state index contributed by atoms with van der Waals surface area (Å²) >= 11 is 1.31. The summed E-state index contributed by atoms with van der Waals surface area (Å²) in [5.41, 5.74) is 8.68. The summed E-state index contributed by atoms with van der Waals surface area (Å²) in [4.78, 5) is 15.5. The third-order valence-corrected chi connectivity index (χ3v) is 6.08. The lowest BCUT2D eigenvalue weighted by molar-refractivity contribution is 0.0699. The number of nitrogen functional groups attached to an aromatic ring is 1. The van der Waals surface area contributed by atoms with Crippen molar-refractivity contribution in [1.82, 2.24) is 19.7 Å². The van der Waals surface area contributed by atoms with Crippen LogP contribution in [0.1, 0.15) is 27.3 Å². The van der Waals surface area contributed by atoms with Crippen LogP contribution in [0.15, 0.2) is 29.8 Å². The summed E-state index contributed by atoms with van der Waals surface area (Å²) in [5, 5.41) is 29.5. The molecule has 0 spiro atoms. The van der Waals surface area contributed by atoms with Crippen LogP contribution in [0.25, 0.3) is 21.5 Å². The van der Waals surface area contributed by atoms with E-state index in [9.17, 15) is 15.0 Å². The fourth-order valence-corrected chi connectivity index (χ4v) is 4.47. The molecule has 4 N–H and O–H groups in total. The van der Waals surface area contributed by atoms with Crippen molar-refractivity contribution in [1.29, 1.82) is 0 Å². The van der Waals surface area contributed by atoms with Crippen molar-refractivity contribution in [3.8, 4) is 17.1 Å². The van der Waals surface area contributed by atoms with Gasteiger partial charge < -0.3 is 25.3 Å². The first kappa shape index (κ1) is 20.8. The number of carboxylic acids is 1. The van der Waals surface area contributed by atoms with E-state index < -0.39 is 5.97 Å². The Morgan fingerprint density at radius 2 is 2.10 bits per heavy atom. The summed E-state index contributed by atoms with van der Waals surface area (Å²) < 4.78 is 8.51. The number of carbonyl (C=O) groups is 1. The van der Waals surface area contributed by atoms with Crippen LogP contribution in [0, 0.1) is 13.8 Å². The Labute approximate surface area is 181 Å². The molecule has 0 aliphatic carbocycles. The van der Waals surface area contributed by atoms with Crippen molar-refractivity contribution in [2.45, 2.75) is 27.0 Å². The zero-order valence-corrected chi connectivity index (χ0v) is 17.8. The van der Waals surface area contributed by atoms with Gasteiger partial charge >= 0.3 is 5.97 Å². The Morgan fingerprint density at radius 1 is 1.29 bits per heavy atom. The number of nitrogens with zero attached hydrogens (tertiary/aromatic N) is 4. The minimum absolute atomic E-state index is 0.0138. The molecule has 4 aromatic rings. The number of hydrogen-bond acceptors (Lipinski definition) is 8. The molecule has 0 unspecified atom stereocenters. The van der Waals surface area contributed by atoms with Gasteiger partial charge in [0.05, 0.1) is 16.9 Å². The van der Waals surface area contributed by atoms with Crippen LogP contribution in [-0.4, -0.2) is 42.5 Å². The molecule has 0 radical (unpaired) electrons. The normalized spacial score (nSPS) is 11.2. The van der Waals surface area contributed by atoms with E-state index in [0.29, 0.717) is 34.0 Å². The fraction of sp³-hybridized carbons (Fsp3) is 0.238. The lowest BCUT2D eigenvalue weighted by Crippen LogP contribution is -2.06. The Kier molecular flexibility index (Phi) is 5.57. The molecule has 3 heterocycles. The molecule has 0 bridgehead atoms. The van der Waals surface area contributed by atoms with Crippen molar-refractivity contribution >= 4 is 33.2 Å². The predicted molar refractivity (Wildman–Crippen MR) is 117 cm³/mol. The number of thiophene rings is 1. The lowest BCUT2D eigenvalue weighted by atomic mass is 10.1. The maximum atomic E-state index is 11.5. The molecule has 0 aliphatic heterocycles. The summed E-state index contributed by atoms with van der Waals surface area (Å²) in [6.45, 7) is 4.37. The lowest BCUT2D eigenvalue weighted by Gasteiger charge is -2.12. The largest absolute Gasteiger partial charge is 0.489 e. The SMILES string of the molecule is Cc1ccc(-c2nnc(C)n2CCO)cc1OCc1csc2c(C(=O)O)cnc(N)c12. The Morgan fingerprint density at radius 3 is 2.84 bits per heavy atom. The van der Waals surface area contributed by atoms with Gasteiger partial charge in [-0.1, -0.05) is 12.1 Å². The molecule has 10 heteroatoms. The van der Waals surface area contributed by atoms with Crippen molar-refractivity contribution < 1.29 is 19.7 Å². The number of anilines is 1. The highest BCUT2D eigenvalue weighted by Gasteiger charge is 2.18. The van der Waals surface area contributed by atoms with Crippen LogP contribution < -0.4 is 10.5 Å². The average molecular weight is 439 g/mol. The van der Waals surface area contributed by atoms with E-state index in [2.05, 4.69) is 15.2 Å². The molecule has 1 aromatic carbocycles. The van der Waals surface area contributed by atoms with Gasteiger partial charge in [0.2, 0.25) is 0 Å². The van der Waals surface area contributed by atoms with Crippen LogP contribution in [0.3, 0.4) is 0 Å². The smallest absolute Gasteiger partial charge is 0.338 e. The number of nitrogens with two attached hydrogens (primary N) is 1. The molecule has 0 atom stereocenters. The van der Waals surface area contributed by atoms with Crippen LogP contribution in [0.5, 0.6) is 5.75 Å². The first-order valence-electron chi connectivity index (χ1n) is 9.53. The van der Waals surface area contributed by atoms with Gasteiger partial charge in [0.15, 0.2) is 5.82 Å². The zero-order chi connectivity index (χ0) is 22.1. The molecular formula is C21H21N5O4S. The maximum absolute atomic E-state index is 11.5. The fourth-order valence-electron chi connectivity index (χ4n) is 3.40. The first-order valence-corrected chi connectivity index (χ1v) is 10.4. The molecule has 31 heavy (non-hydrogen) atoms. The predicted octanol–water partition coefficient (Wildman–Crippen LogP) is 3.02. The number of aromatic carboxylic acids is 1. The van der Waals surface area contributed by atoms with Crippen LogP contribution >= 0.6 is 11.3 Å². The molecule has 3 aromatic heterocycles. The van der Waals surface area contributed by atoms with Gasteiger partial charge in [-0.05, 0) is 30.9 Å². The number of ether oxygens (including phenoxy) is 1. The van der Waals surface area contributed by atoms with Crippen molar-refractivity contribution in [2.75, 3.05) is 12.3 Å². The minimum Gasteiger partial charge on any atom is -0.489 e. The standard InChI is InChI=1S/C21H21N5O4S/c1-11-3-4-13(20-25-24-12(2)26(20)5-6-27)7-16(11)30-9-14-10-31-18-15(21(28)29)8-23-19(22)17(14)18/h3-4,7-8,10,27H,5-6,9H2,1-2H3,(H2,22,23)(H,28,29). The second-order valence-electron chi connectivity index (χ2n) is 7.04. The monoisotopic (exact) mass is 439 g/mol. The van der Waals surface area contributed by atoms with E-state index in [1.165, 1.54) is 17.5 Å². The number of aryl methyl sites for hydroxylation is 2. The molecule has 0 aliphatic rings. The highest BCUT2D eigenvalue weighted by Crippen LogP contribution is 2.34. The third kappa shape index (κ3) is 3.82. The Bertz CT molecular complexity index is 1280. The maximum Gasteiger partial charge on any atom is 0.338 e. The van der Waals surface area contributed by atoms with Gasteiger partial charge in [0, 0.05) is 29.3 Å². The quantitative estimate of drug-likeness (QED) is 0.400. The third-order valence-electron chi connectivity index (χ3n) is 5.02. The number of carboxylic acid groups (broad SMARTS) is 1. The number of pyridine rings is 1. The summed E-state index contributed by atoms with van der Waals surface area (Å²) in [6.07, 6.45) is 1.28. The van der Waals surface area contributed by atoms with E-state index in [0.717, 1.165) is 16.7 Å². The number of fused-ring (bicyclic) bond motifs is 1. The zero-order valence-electron chi connectivity index (χ0n) is 17.0. The van der Waals surface area contributed by atoms with E-state index in [4.69, 9.17) is 10.5 Å². The van der Waals surface area contributed by atoms with E-state index in [1.807, 2.05) is 42.0 Å². The molecule has 160 valence electrons. The highest BCUT2D eigenvalue weighted by atomic mass is 32.1. The molecule has 0 amide bonds. The van der Waals surface area contributed by atoms with Gasteiger partial charge in [-0.2, -0.15) is 0 Å². The molecular weight excluding hydrogens is 418 g/mol. The van der Waals surface area contributed by atoms with Crippen molar-refractivity contribution in [3.05, 3.63) is 52.3 Å². The topological polar surface area (TPSA) is 136 Å². The highest BCUT2D eigenvalue weighted by molar-refractivity contribution is 7.17. The van der Waals surface area contributed by atoms with Gasteiger partial charge in [-0.15, -0.1) is 21.5 Å². The Balaban J connectivity index is 1.65. The van der Waals surface area contributed by atoms with E-state index in [-0.39, 0.29) is 24.6 Å². The molecule has 0 saturated carbocycles. The minimum atomic E-state index is -1.04. The summed E-state index contributed by atoms with van der Waals surface area (Å²) in [7, 11) is 0. The number of aliphatic hydroxyl groups is 1. The van der Waals surface area contributed by atoms with Crippen LogP contribution in [-0.2, 0) is 13.2 Å².